The molecule has 4 amide bonds. The van der Waals surface area contributed by atoms with Crippen molar-refractivity contribution in [2.24, 2.45) is 5.10 Å². The van der Waals surface area contributed by atoms with Gasteiger partial charge >= 0.3 is 6.03 Å². The van der Waals surface area contributed by atoms with Gasteiger partial charge in [0.05, 0.1) is 30.3 Å². The van der Waals surface area contributed by atoms with Crippen LogP contribution in [0.15, 0.2) is 53.6 Å². The first-order valence-electron chi connectivity index (χ1n) is 9.74. The first-order chi connectivity index (χ1) is 15.4. The molecule has 1 saturated heterocycles. The van der Waals surface area contributed by atoms with Crippen molar-refractivity contribution >= 4 is 29.2 Å². The van der Waals surface area contributed by atoms with Gasteiger partial charge in [0.25, 0.3) is 17.5 Å². The van der Waals surface area contributed by atoms with Crippen LogP contribution in [-0.2, 0) is 9.59 Å². The fourth-order valence-electron chi connectivity index (χ4n) is 3.60. The summed E-state index contributed by atoms with van der Waals surface area (Å²) in [5.74, 6) is -0.350. The highest BCUT2D eigenvalue weighted by atomic mass is 16.6. The van der Waals surface area contributed by atoms with Gasteiger partial charge in [0.1, 0.15) is 12.3 Å². The molecule has 32 heavy (non-hydrogen) atoms. The number of imide groups is 1. The SMILES string of the molecule is COc1ccc(C2CC(c3ccc([N+](=O)[O-])cc3)=NN2C(=O)CN2C(=O)CNC2=O)cc1. The van der Waals surface area contributed by atoms with Crippen molar-refractivity contribution in [2.45, 2.75) is 12.5 Å². The average Bonchev–Trinajstić information content (AvgIpc) is 3.38. The third-order valence-corrected chi connectivity index (χ3v) is 5.31. The number of benzene rings is 2. The number of nitro groups is 1. The molecule has 1 unspecified atom stereocenters. The van der Waals surface area contributed by atoms with Gasteiger partial charge in [0.15, 0.2) is 0 Å². The van der Waals surface area contributed by atoms with Crippen LogP contribution in [0.5, 0.6) is 5.75 Å². The molecule has 0 bridgehead atoms. The summed E-state index contributed by atoms with van der Waals surface area (Å²) < 4.78 is 5.19. The van der Waals surface area contributed by atoms with Crippen LogP contribution < -0.4 is 10.1 Å². The van der Waals surface area contributed by atoms with Crippen molar-refractivity contribution in [3.05, 3.63) is 69.8 Å². The van der Waals surface area contributed by atoms with Gasteiger partial charge in [0.2, 0.25) is 0 Å². The van der Waals surface area contributed by atoms with Gasteiger partial charge in [-0.1, -0.05) is 12.1 Å². The summed E-state index contributed by atoms with van der Waals surface area (Å²) in [4.78, 5) is 48.1. The second-order valence-electron chi connectivity index (χ2n) is 7.22. The Kier molecular flexibility index (Phi) is 5.54. The number of methoxy groups -OCH3 is 1. The lowest BCUT2D eigenvalue weighted by Crippen LogP contribution is -2.41. The Morgan fingerprint density at radius 1 is 1.19 bits per heavy atom. The Labute approximate surface area is 182 Å². The predicted octanol–water partition coefficient (Wildman–Crippen LogP) is 1.83. The highest BCUT2D eigenvalue weighted by Crippen LogP contribution is 2.34. The summed E-state index contributed by atoms with van der Waals surface area (Å²) in [6.07, 6.45) is 0.357. The molecule has 2 aliphatic heterocycles. The molecule has 164 valence electrons. The zero-order chi connectivity index (χ0) is 22.8. The van der Waals surface area contributed by atoms with Crippen LogP contribution in [0.1, 0.15) is 23.6 Å². The minimum absolute atomic E-state index is 0.0504. The van der Waals surface area contributed by atoms with Crippen molar-refractivity contribution in [1.29, 1.82) is 0 Å². The van der Waals surface area contributed by atoms with Crippen molar-refractivity contribution in [3.8, 4) is 5.75 Å². The molecule has 2 aromatic rings. The normalized spacial score (nSPS) is 17.9. The Morgan fingerprint density at radius 2 is 1.88 bits per heavy atom. The predicted molar refractivity (Wildman–Crippen MR) is 112 cm³/mol. The van der Waals surface area contributed by atoms with Crippen LogP contribution in [0.2, 0.25) is 0 Å². The van der Waals surface area contributed by atoms with Crippen LogP contribution >= 0.6 is 0 Å². The minimum atomic E-state index is -0.622. The van der Waals surface area contributed by atoms with E-state index in [-0.39, 0.29) is 12.2 Å². The van der Waals surface area contributed by atoms with E-state index < -0.39 is 35.4 Å². The third-order valence-electron chi connectivity index (χ3n) is 5.31. The molecule has 1 atom stereocenters. The molecule has 0 aromatic heterocycles. The number of urea groups is 1. The van der Waals surface area contributed by atoms with E-state index in [1.54, 1.807) is 31.4 Å². The number of nitrogens with zero attached hydrogens (tertiary/aromatic N) is 4. The van der Waals surface area contributed by atoms with E-state index in [0.717, 1.165) is 10.5 Å². The molecule has 0 aliphatic carbocycles. The standard InChI is InChI=1S/C21H19N5O6/c1-32-16-8-4-14(5-9-16)18-10-17(13-2-6-15(7-3-13)26(30)31)23-25(18)20(28)12-24-19(27)11-22-21(24)29/h2-9,18H,10-12H2,1H3,(H,22,29). The number of hydrogen-bond acceptors (Lipinski definition) is 7. The molecule has 2 aromatic carbocycles. The van der Waals surface area contributed by atoms with E-state index in [2.05, 4.69) is 10.4 Å². The summed E-state index contributed by atoms with van der Waals surface area (Å²) in [6, 6.07) is 12.0. The molecule has 11 heteroatoms. The Morgan fingerprint density at radius 3 is 2.44 bits per heavy atom. The fraction of sp³-hybridized carbons (Fsp3) is 0.238. The second-order valence-corrected chi connectivity index (χ2v) is 7.22. The summed E-state index contributed by atoms with van der Waals surface area (Å²) in [5.41, 5.74) is 1.94. The minimum Gasteiger partial charge on any atom is -0.497 e. The van der Waals surface area contributed by atoms with E-state index in [1.165, 1.54) is 17.1 Å². The van der Waals surface area contributed by atoms with E-state index in [0.29, 0.717) is 23.4 Å². The van der Waals surface area contributed by atoms with Crippen LogP contribution in [0.3, 0.4) is 0 Å². The molecular formula is C21H19N5O6. The largest absolute Gasteiger partial charge is 0.497 e. The molecule has 0 radical (unpaired) electrons. The lowest BCUT2D eigenvalue weighted by Gasteiger charge is -2.23. The number of hydrazone groups is 1. The van der Waals surface area contributed by atoms with Gasteiger partial charge < -0.3 is 10.1 Å². The van der Waals surface area contributed by atoms with E-state index >= 15 is 0 Å². The third kappa shape index (κ3) is 4.00. The Bertz CT molecular complexity index is 1100. The maximum Gasteiger partial charge on any atom is 0.325 e. The number of non-ortho nitro benzene ring substituents is 1. The number of rotatable bonds is 6. The van der Waals surface area contributed by atoms with Gasteiger partial charge in [-0.25, -0.2) is 9.80 Å². The molecule has 1 fully saturated rings. The molecule has 11 nitrogen and oxygen atoms in total. The Hall–Kier alpha value is -4.28. The molecular weight excluding hydrogens is 418 g/mol. The van der Waals surface area contributed by atoms with Crippen LogP contribution in [-0.4, -0.2) is 58.6 Å². The molecule has 4 rings (SSSR count). The zero-order valence-corrected chi connectivity index (χ0v) is 17.1. The smallest absolute Gasteiger partial charge is 0.325 e. The van der Waals surface area contributed by atoms with Crippen LogP contribution in [0.4, 0.5) is 10.5 Å². The van der Waals surface area contributed by atoms with Gasteiger partial charge in [-0.05, 0) is 35.4 Å². The number of amides is 4. The monoisotopic (exact) mass is 437 g/mol. The molecule has 0 saturated carbocycles. The van der Waals surface area contributed by atoms with Crippen molar-refractivity contribution in [2.75, 3.05) is 20.2 Å². The van der Waals surface area contributed by atoms with Crippen LogP contribution in [0.25, 0.3) is 0 Å². The maximum absolute atomic E-state index is 13.1. The first-order valence-corrected chi connectivity index (χ1v) is 9.74. The molecule has 0 spiro atoms. The van der Waals surface area contributed by atoms with Gasteiger partial charge in [-0.3, -0.25) is 24.6 Å². The number of nitro benzene ring substituents is 1. The highest BCUT2D eigenvalue weighted by Gasteiger charge is 2.37. The topological polar surface area (TPSA) is 134 Å². The summed E-state index contributed by atoms with van der Waals surface area (Å²) in [5, 5.41) is 19.0. The quantitative estimate of drug-likeness (QED) is 0.416. The zero-order valence-electron chi connectivity index (χ0n) is 17.1. The van der Waals surface area contributed by atoms with Crippen LogP contribution in [0, 0.1) is 10.1 Å². The van der Waals surface area contributed by atoms with E-state index in [4.69, 9.17) is 4.74 Å². The number of carbonyl (C=O) groups is 3. The van der Waals surface area contributed by atoms with Gasteiger partial charge in [-0.15, -0.1) is 0 Å². The van der Waals surface area contributed by atoms with Crippen molar-refractivity contribution < 1.29 is 24.0 Å². The van der Waals surface area contributed by atoms with E-state index in [1.807, 2.05) is 12.1 Å². The van der Waals surface area contributed by atoms with Crippen molar-refractivity contribution in [1.82, 2.24) is 15.2 Å². The molecule has 1 N–H and O–H groups in total. The fourth-order valence-corrected chi connectivity index (χ4v) is 3.60. The first kappa shape index (κ1) is 21.0. The molecule has 2 aliphatic rings. The van der Waals surface area contributed by atoms with E-state index in [9.17, 15) is 24.5 Å². The lowest BCUT2D eigenvalue weighted by atomic mass is 9.98. The number of carbonyl (C=O) groups excluding carboxylic acids is 3. The Balaban J connectivity index is 1.63. The van der Waals surface area contributed by atoms with Gasteiger partial charge in [-0.2, -0.15) is 5.10 Å². The molecule has 2 heterocycles. The highest BCUT2D eigenvalue weighted by molar-refractivity contribution is 6.06. The van der Waals surface area contributed by atoms with Gasteiger partial charge in [0, 0.05) is 18.6 Å². The number of nitrogens with one attached hydrogen (secondary N) is 1. The summed E-state index contributed by atoms with van der Waals surface area (Å²) >= 11 is 0. The van der Waals surface area contributed by atoms with Crippen molar-refractivity contribution in [3.63, 3.8) is 0 Å². The summed E-state index contributed by atoms with van der Waals surface area (Å²) in [6.45, 7) is -0.584. The number of ether oxygens (including phenoxy) is 1. The second kappa shape index (κ2) is 8.46. The number of hydrogen-bond donors (Lipinski definition) is 1. The summed E-state index contributed by atoms with van der Waals surface area (Å²) in [7, 11) is 1.55. The maximum atomic E-state index is 13.1. The average molecular weight is 437 g/mol. The lowest BCUT2D eigenvalue weighted by molar-refractivity contribution is -0.384.